The van der Waals surface area contributed by atoms with E-state index in [0.29, 0.717) is 10.7 Å². The van der Waals surface area contributed by atoms with Crippen molar-refractivity contribution in [1.82, 2.24) is 14.8 Å². The average Bonchev–Trinajstić information content (AvgIpc) is 2.45. The van der Waals surface area contributed by atoms with Crippen LogP contribution in [0.1, 0.15) is 0 Å². The van der Waals surface area contributed by atoms with Crippen LogP contribution < -0.4 is 0 Å². The molecule has 0 radical (unpaired) electrons. The third-order valence-electron chi connectivity index (χ3n) is 1.61. The second-order valence-electron chi connectivity index (χ2n) is 2.57. The molecule has 0 atom stereocenters. The second-order valence-corrected chi connectivity index (χ2v) is 3.35. The van der Waals surface area contributed by atoms with Crippen molar-refractivity contribution in [2.75, 3.05) is 0 Å². The maximum absolute atomic E-state index is 9.00. The summed E-state index contributed by atoms with van der Waals surface area (Å²) in [5, 5.41) is 13.3. The van der Waals surface area contributed by atoms with E-state index in [1.165, 1.54) is 4.68 Å². The number of rotatable bonds is 1. The maximum Gasteiger partial charge on any atom is 0.334 e. The molecule has 0 saturated heterocycles. The van der Waals surface area contributed by atoms with Crippen molar-refractivity contribution in [1.29, 1.82) is 0 Å². The molecule has 6 heteroatoms. The highest BCUT2D eigenvalue weighted by atomic mass is 35.5. The predicted molar refractivity (Wildman–Crippen MR) is 53.0 cm³/mol. The summed E-state index contributed by atoms with van der Waals surface area (Å²) in [5.74, 6) is 0. The standard InChI is InChI=1S/C8H5Cl2N3O/c9-5-2-1-3-6(4-5)13-7(10)11-8(14)12-13/h1-4H,(H,12,14). The Kier molecular flexibility index (Phi) is 2.31. The van der Waals surface area contributed by atoms with Gasteiger partial charge in [0.15, 0.2) is 0 Å². The van der Waals surface area contributed by atoms with Gasteiger partial charge < -0.3 is 5.11 Å². The molecule has 0 bridgehead atoms. The van der Waals surface area contributed by atoms with E-state index < -0.39 is 0 Å². The Balaban J connectivity index is 2.54. The van der Waals surface area contributed by atoms with E-state index >= 15 is 0 Å². The first kappa shape index (κ1) is 9.30. The van der Waals surface area contributed by atoms with Crippen LogP contribution in [0.4, 0.5) is 0 Å². The Morgan fingerprint density at radius 2 is 2.07 bits per heavy atom. The second kappa shape index (κ2) is 3.48. The zero-order valence-electron chi connectivity index (χ0n) is 6.85. The quantitative estimate of drug-likeness (QED) is 0.817. The summed E-state index contributed by atoms with van der Waals surface area (Å²) in [6, 6.07) is 6.55. The zero-order chi connectivity index (χ0) is 10.1. The van der Waals surface area contributed by atoms with Gasteiger partial charge in [0.2, 0.25) is 5.28 Å². The summed E-state index contributed by atoms with van der Waals surface area (Å²) in [5.41, 5.74) is 0.648. The van der Waals surface area contributed by atoms with Crippen LogP contribution >= 0.6 is 23.2 Å². The molecular weight excluding hydrogens is 225 g/mol. The van der Waals surface area contributed by atoms with E-state index in [1.54, 1.807) is 24.3 Å². The van der Waals surface area contributed by atoms with Crippen LogP contribution in [-0.2, 0) is 0 Å². The summed E-state index contributed by atoms with van der Waals surface area (Å²) < 4.78 is 1.29. The number of halogens is 2. The van der Waals surface area contributed by atoms with Gasteiger partial charge in [-0.1, -0.05) is 17.7 Å². The molecule has 0 aliphatic carbocycles. The third kappa shape index (κ3) is 1.66. The molecular formula is C8H5Cl2N3O. The van der Waals surface area contributed by atoms with Crippen LogP contribution in [0.2, 0.25) is 10.3 Å². The van der Waals surface area contributed by atoms with Crippen molar-refractivity contribution < 1.29 is 5.11 Å². The minimum absolute atomic E-state index is 0.0877. The van der Waals surface area contributed by atoms with Gasteiger partial charge in [-0.15, -0.1) is 5.10 Å². The summed E-state index contributed by atoms with van der Waals surface area (Å²) in [6.07, 6.45) is 0. The Bertz CT molecular complexity index is 469. The topological polar surface area (TPSA) is 50.9 Å². The lowest BCUT2D eigenvalue weighted by Gasteiger charge is -2.00. The van der Waals surface area contributed by atoms with Crippen LogP contribution in [0.15, 0.2) is 24.3 Å². The molecule has 0 amide bonds. The Morgan fingerprint density at radius 1 is 1.29 bits per heavy atom. The molecule has 0 aliphatic rings. The maximum atomic E-state index is 9.00. The molecule has 4 nitrogen and oxygen atoms in total. The lowest BCUT2D eigenvalue weighted by molar-refractivity contribution is 0.430. The number of aromatic nitrogens is 3. The van der Waals surface area contributed by atoms with Crippen LogP contribution in [0.5, 0.6) is 6.01 Å². The largest absolute Gasteiger partial charge is 0.478 e. The van der Waals surface area contributed by atoms with Gasteiger partial charge in [0.25, 0.3) is 0 Å². The van der Waals surface area contributed by atoms with Crippen molar-refractivity contribution in [3.8, 4) is 11.7 Å². The first-order chi connectivity index (χ1) is 6.66. The molecule has 0 aliphatic heterocycles. The van der Waals surface area contributed by atoms with Gasteiger partial charge in [0.05, 0.1) is 5.69 Å². The van der Waals surface area contributed by atoms with Crippen LogP contribution in [0.25, 0.3) is 5.69 Å². The molecule has 0 unspecified atom stereocenters. The van der Waals surface area contributed by atoms with Crippen molar-refractivity contribution in [2.24, 2.45) is 0 Å². The highest BCUT2D eigenvalue weighted by Gasteiger charge is 2.08. The number of benzene rings is 1. The molecule has 2 aromatic rings. The number of aromatic hydroxyl groups is 1. The van der Waals surface area contributed by atoms with E-state index in [-0.39, 0.29) is 11.3 Å². The fourth-order valence-corrected chi connectivity index (χ4v) is 1.45. The van der Waals surface area contributed by atoms with E-state index in [0.717, 1.165) is 0 Å². The van der Waals surface area contributed by atoms with Gasteiger partial charge in [-0.05, 0) is 29.8 Å². The normalized spacial score (nSPS) is 10.4. The average molecular weight is 230 g/mol. The van der Waals surface area contributed by atoms with E-state index in [9.17, 15) is 0 Å². The van der Waals surface area contributed by atoms with Crippen molar-refractivity contribution in [3.63, 3.8) is 0 Å². The highest BCUT2D eigenvalue weighted by Crippen LogP contribution is 2.19. The first-order valence-electron chi connectivity index (χ1n) is 3.74. The number of hydrogen-bond donors (Lipinski definition) is 1. The van der Waals surface area contributed by atoms with Gasteiger partial charge in [-0.3, -0.25) is 0 Å². The van der Waals surface area contributed by atoms with Crippen molar-refractivity contribution in [2.45, 2.75) is 0 Å². The van der Waals surface area contributed by atoms with E-state index in [2.05, 4.69) is 10.1 Å². The molecule has 2 rings (SSSR count). The van der Waals surface area contributed by atoms with E-state index in [1.807, 2.05) is 0 Å². The molecule has 0 fully saturated rings. The molecule has 1 N–H and O–H groups in total. The molecule has 0 spiro atoms. The molecule has 1 aromatic carbocycles. The smallest absolute Gasteiger partial charge is 0.334 e. The van der Waals surface area contributed by atoms with Crippen LogP contribution in [0.3, 0.4) is 0 Å². The summed E-state index contributed by atoms with van der Waals surface area (Å²) in [4.78, 5) is 3.55. The fraction of sp³-hybridized carbons (Fsp3) is 0. The summed E-state index contributed by atoms with van der Waals surface area (Å²) in [7, 11) is 0. The minimum Gasteiger partial charge on any atom is -0.478 e. The molecule has 1 aromatic heterocycles. The molecule has 14 heavy (non-hydrogen) atoms. The highest BCUT2D eigenvalue weighted by molar-refractivity contribution is 6.31. The SMILES string of the molecule is Oc1nc(Cl)n(-c2cccc(Cl)c2)n1. The van der Waals surface area contributed by atoms with Gasteiger partial charge in [0, 0.05) is 5.02 Å². The third-order valence-corrected chi connectivity index (χ3v) is 2.09. The lowest BCUT2D eigenvalue weighted by Crippen LogP contribution is -1.95. The van der Waals surface area contributed by atoms with E-state index in [4.69, 9.17) is 28.3 Å². The summed E-state index contributed by atoms with van der Waals surface area (Å²) >= 11 is 11.5. The minimum atomic E-state index is -0.366. The van der Waals surface area contributed by atoms with Crippen molar-refractivity contribution >= 4 is 23.2 Å². The molecule has 72 valence electrons. The van der Waals surface area contributed by atoms with Gasteiger partial charge in [-0.2, -0.15) is 9.67 Å². The number of hydrogen-bond acceptors (Lipinski definition) is 3. The predicted octanol–water partition coefficient (Wildman–Crippen LogP) is 2.28. The zero-order valence-corrected chi connectivity index (χ0v) is 8.37. The first-order valence-corrected chi connectivity index (χ1v) is 4.50. The van der Waals surface area contributed by atoms with Gasteiger partial charge in [0.1, 0.15) is 0 Å². The summed E-state index contributed by atoms with van der Waals surface area (Å²) in [6.45, 7) is 0. The molecule has 1 heterocycles. The van der Waals surface area contributed by atoms with Crippen molar-refractivity contribution in [3.05, 3.63) is 34.6 Å². The van der Waals surface area contributed by atoms with Gasteiger partial charge in [-0.25, -0.2) is 0 Å². The van der Waals surface area contributed by atoms with Crippen LogP contribution in [0, 0.1) is 0 Å². The Hall–Kier alpha value is -1.26. The fourth-order valence-electron chi connectivity index (χ4n) is 1.06. The Morgan fingerprint density at radius 3 is 2.64 bits per heavy atom. The monoisotopic (exact) mass is 229 g/mol. The van der Waals surface area contributed by atoms with Crippen LogP contribution in [-0.4, -0.2) is 19.9 Å². The number of nitrogens with zero attached hydrogens (tertiary/aromatic N) is 3. The Labute approximate surface area is 89.7 Å². The lowest BCUT2D eigenvalue weighted by atomic mass is 10.3. The van der Waals surface area contributed by atoms with Gasteiger partial charge >= 0.3 is 6.01 Å². The molecule has 0 saturated carbocycles.